The fourth-order valence-corrected chi connectivity index (χ4v) is 2.63. The molecule has 1 aliphatic carbocycles. The average Bonchev–Trinajstić information content (AvgIpc) is 2.29. The largest absolute Gasteiger partial charge is 0.385 e. The van der Waals surface area contributed by atoms with Gasteiger partial charge in [-0.15, -0.1) is 0 Å². The summed E-state index contributed by atoms with van der Waals surface area (Å²) in [6, 6.07) is 8.61. The molecule has 1 nitrogen and oxygen atoms in total. The van der Waals surface area contributed by atoms with Crippen LogP contribution in [0.3, 0.4) is 0 Å². The lowest BCUT2D eigenvalue weighted by atomic mass is 9.86. The van der Waals surface area contributed by atoms with Crippen LogP contribution in [0.4, 0.5) is 0 Å². The molecular formula is C13H15BrO. The second-order valence-corrected chi connectivity index (χ2v) is 4.79. The van der Waals surface area contributed by atoms with E-state index in [4.69, 9.17) is 4.74 Å². The first-order valence-electron chi connectivity index (χ1n) is 5.23. The number of alkyl halides is 1. The summed E-state index contributed by atoms with van der Waals surface area (Å²) in [7, 11) is 1.76. The van der Waals surface area contributed by atoms with E-state index in [9.17, 15) is 0 Å². The van der Waals surface area contributed by atoms with E-state index in [1.165, 1.54) is 11.1 Å². The number of benzene rings is 1. The zero-order valence-corrected chi connectivity index (χ0v) is 10.4. The minimum absolute atomic E-state index is 0.368. The normalized spacial score (nSPS) is 23.9. The molecule has 0 radical (unpaired) electrons. The summed E-state index contributed by atoms with van der Waals surface area (Å²) < 4.78 is 5.14. The Labute approximate surface area is 99.3 Å². The van der Waals surface area contributed by atoms with Gasteiger partial charge in [-0.05, 0) is 17.5 Å². The van der Waals surface area contributed by atoms with E-state index in [2.05, 4.69) is 52.3 Å². The van der Waals surface area contributed by atoms with Crippen LogP contribution in [0, 0.1) is 0 Å². The Balaban J connectivity index is 2.25. The molecule has 0 fully saturated rings. The zero-order valence-electron chi connectivity index (χ0n) is 8.82. The van der Waals surface area contributed by atoms with Crippen molar-refractivity contribution < 1.29 is 4.74 Å². The molecule has 2 rings (SSSR count). The van der Waals surface area contributed by atoms with Gasteiger partial charge >= 0.3 is 0 Å². The first kappa shape index (κ1) is 10.9. The predicted molar refractivity (Wildman–Crippen MR) is 66.5 cm³/mol. The number of halogens is 1. The Morgan fingerprint density at radius 3 is 2.67 bits per heavy atom. The van der Waals surface area contributed by atoms with Gasteiger partial charge in [0.1, 0.15) is 0 Å². The van der Waals surface area contributed by atoms with Crippen molar-refractivity contribution in [2.24, 2.45) is 0 Å². The molecule has 0 amide bonds. The number of methoxy groups -OCH3 is 1. The Morgan fingerprint density at radius 2 is 1.93 bits per heavy atom. The maximum Gasteiger partial charge on any atom is 0.0578 e. The van der Waals surface area contributed by atoms with Gasteiger partial charge < -0.3 is 4.74 Å². The van der Waals surface area contributed by atoms with Crippen LogP contribution in [-0.4, -0.2) is 13.7 Å². The van der Waals surface area contributed by atoms with Gasteiger partial charge in [0.05, 0.1) is 4.83 Å². The van der Waals surface area contributed by atoms with Crippen molar-refractivity contribution >= 4 is 15.9 Å². The van der Waals surface area contributed by atoms with E-state index in [-0.39, 0.29) is 0 Å². The molecule has 2 unspecified atom stereocenters. The molecule has 1 aromatic rings. The fraction of sp³-hybridized carbons (Fsp3) is 0.385. The number of hydrogen-bond donors (Lipinski definition) is 0. The first-order valence-corrected chi connectivity index (χ1v) is 6.14. The van der Waals surface area contributed by atoms with Crippen molar-refractivity contribution in [1.82, 2.24) is 0 Å². The molecule has 2 atom stereocenters. The lowest BCUT2D eigenvalue weighted by molar-refractivity contribution is 0.191. The summed E-state index contributed by atoms with van der Waals surface area (Å²) >= 11 is 3.66. The molecule has 1 aliphatic rings. The number of allylic oxidation sites excluding steroid dienone is 2. The molecule has 2 heteroatoms. The molecule has 0 aromatic heterocycles. The minimum Gasteiger partial charge on any atom is -0.385 e. The van der Waals surface area contributed by atoms with Crippen LogP contribution < -0.4 is 0 Å². The van der Waals surface area contributed by atoms with Gasteiger partial charge in [-0.2, -0.15) is 0 Å². The van der Waals surface area contributed by atoms with E-state index in [1.54, 1.807) is 7.11 Å². The van der Waals surface area contributed by atoms with Crippen LogP contribution in [0.1, 0.15) is 28.3 Å². The molecule has 80 valence electrons. The van der Waals surface area contributed by atoms with Crippen LogP contribution in [0.2, 0.25) is 0 Å². The molecule has 0 N–H and O–H groups in total. The smallest absolute Gasteiger partial charge is 0.0578 e. The molecular weight excluding hydrogens is 252 g/mol. The quantitative estimate of drug-likeness (QED) is 0.597. The van der Waals surface area contributed by atoms with Gasteiger partial charge in [-0.25, -0.2) is 0 Å². The SMILES string of the molecule is COCCC1C=CC(Br)c2ccccc21. The van der Waals surface area contributed by atoms with Crippen LogP contribution in [0.25, 0.3) is 0 Å². The molecule has 15 heavy (non-hydrogen) atoms. The van der Waals surface area contributed by atoms with E-state index in [0.29, 0.717) is 10.7 Å². The topological polar surface area (TPSA) is 9.23 Å². The molecule has 0 bridgehead atoms. The van der Waals surface area contributed by atoms with Crippen molar-refractivity contribution in [3.63, 3.8) is 0 Å². The van der Waals surface area contributed by atoms with Crippen LogP contribution in [0.5, 0.6) is 0 Å². The van der Waals surface area contributed by atoms with E-state index in [1.807, 2.05) is 0 Å². The second-order valence-electron chi connectivity index (χ2n) is 3.80. The third-order valence-corrected chi connectivity index (χ3v) is 3.64. The third kappa shape index (κ3) is 2.32. The highest BCUT2D eigenvalue weighted by Crippen LogP contribution is 2.38. The summed E-state index contributed by atoms with van der Waals surface area (Å²) in [5.41, 5.74) is 2.82. The lowest BCUT2D eigenvalue weighted by Crippen LogP contribution is -2.08. The second kappa shape index (κ2) is 4.95. The highest BCUT2D eigenvalue weighted by Gasteiger charge is 2.19. The number of fused-ring (bicyclic) bond motifs is 1. The monoisotopic (exact) mass is 266 g/mol. The maximum atomic E-state index is 5.14. The molecule has 0 aliphatic heterocycles. The average molecular weight is 267 g/mol. The van der Waals surface area contributed by atoms with E-state index < -0.39 is 0 Å². The van der Waals surface area contributed by atoms with Crippen molar-refractivity contribution in [2.75, 3.05) is 13.7 Å². The van der Waals surface area contributed by atoms with E-state index in [0.717, 1.165) is 13.0 Å². The molecule has 0 saturated heterocycles. The van der Waals surface area contributed by atoms with Gasteiger partial charge in [0.15, 0.2) is 0 Å². The van der Waals surface area contributed by atoms with Crippen LogP contribution >= 0.6 is 15.9 Å². The Morgan fingerprint density at radius 1 is 1.20 bits per heavy atom. The van der Waals surface area contributed by atoms with Crippen molar-refractivity contribution in [3.05, 3.63) is 47.5 Å². The van der Waals surface area contributed by atoms with Crippen molar-refractivity contribution in [3.8, 4) is 0 Å². The van der Waals surface area contributed by atoms with Gasteiger partial charge in [-0.1, -0.05) is 52.3 Å². The molecule has 0 heterocycles. The number of hydrogen-bond acceptors (Lipinski definition) is 1. The summed E-state index contributed by atoms with van der Waals surface area (Å²) in [5.74, 6) is 0.509. The Hall–Kier alpha value is -0.600. The summed E-state index contributed by atoms with van der Waals surface area (Å²) in [6.07, 6.45) is 5.56. The molecule has 0 spiro atoms. The Bertz CT molecular complexity index is 359. The number of rotatable bonds is 3. The first-order chi connectivity index (χ1) is 7.33. The highest BCUT2D eigenvalue weighted by atomic mass is 79.9. The zero-order chi connectivity index (χ0) is 10.7. The highest BCUT2D eigenvalue weighted by molar-refractivity contribution is 9.09. The standard InChI is InChI=1S/C13H15BrO/c1-15-9-8-10-6-7-13(14)12-5-3-2-4-11(10)12/h2-7,10,13H,8-9H2,1H3. The van der Waals surface area contributed by atoms with Gasteiger partial charge in [0.25, 0.3) is 0 Å². The molecule has 0 saturated carbocycles. The van der Waals surface area contributed by atoms with Gasteiger partial charge in [0, 0.05) is 19.6 Å². The summed E-state index contributed by atoms with van der Waals surface area (Å²) in [5, 5.41) is 0. The number of ether oxygens (including phenoxy) is 1. The fourth-order valence-electron chi connectivity index (χ4n) is 2.04. The third-order valence-electron chi connectivity index (χ3n) is 2.84. The predicted octanol–water partition coefficient (Wildman–Crippen LogP) is 3.81. The minimum atomic E-state index is 0.368. The Kier molecular flexibility index (Phi) is 3.60. The maximum absolute atomic E-state index is 5.14. The van der Waals surface area contributed by atoms with Crippen LogP contribution in [-0.2, 0) is 4.74 Å². The summed E-state index contributed by atoms with van der Waals surface area (Å²) in [6.45, 7) is 0.816. The van der Waals surface area contributed by atoms with Gasteiger partial charge in [0.2, 0.25) is 0 Å². The van der Waals surface area contributed by atoms with Gasteiger partial charge in [-0.3, -0.25) is 0 Å². The van der Waals surface area contributed by atoms with Crippen LogP contribution in [0.15, 0.2) is 36.4 Å². The van der Waals surface area contributed by atoms with Crippen molar-refractivity contribution in [1.29, 1.82) is 0 Å². The van der Waals surface area contributed by atoms with E-state index >= 15 is 0 Å². The lowest BCUT2D eigenvalue weighted by Gasteiger charge is -2.23. The molecule has 1 aromatic carbocycles. The van der Waals surface area contributed by atoms with Crippen molar-refractivity contribution in [2.45, 2.75) is 17.2 Å². The summed E-state index contributed by atoms with van der Waals surface area (Å²) in [4.78, 5) is 0.368.